The predicted molar refractivity (Wildman–Crippen MR) is 109 cm³/mol. The maximum absolute atomic E-state index is 13.0. The summed E-state index contributed by atoms with van der Waals surface area (Å²) in [7, 11) is 1.85. The van der Waals surface area contributed by atoms with E-state index in [4.69, 9.17) is 4.98 Å². The molecule has 0 spiro atoms. The van der Waals surface area contributed by atoms with Crippen LogP contribution in [0.15, 0.2) is 40.4 Å². The Bertz CT molecular complexity index is 1190. The van der Waals surface area contributed by atoms with Gasteiger partial charge in [0.2, 0.25) is 0 Å². The minimum absolute atomic E-state index is 0.107. The highest BCUT2D eigenvalue weighted by Crippen LogP contribution is 2.35. The van der Waals surface area contributed by atoms with Crippen molar-refractivity contribution in [2.24, 2.45) is 7.05 Å². The third-order valence-electron chi connectivity index (χ3n) is 5.19. The number of H-pyrrole nitrogens is 1. The number of hydrogen-bond acceptors (Lipinski definition) is 4. The highest BCUT2D eigenvalue weighted by molar-refractivity contribution is 7.98. The molecule has 4 aromatic rings. The highest BCUT2D eigenvalue weighted by atomic mass is 32.2. The number of fused-ring (bicyclic) bond motifs is 4. The molecular formula is C20H19N3OS2. The molecule has 1 aliphatic rings. The summed E-state index contributed by atoms with van der Waals surface area (Å²) in [6.45, 7) is 0. The number of hydrogen-bond donors (Lipinski definition) is 1. The predicted octanol–water partition coefficient (Wildman–Crippen LogP) is 4.65. The second-order valence-electron chi connectivity index (χ2n) is 6.80. The van der Waals surface area contributed by atoms with Gasteiger partial charge in [0.05, 0.1) is 5.39 Å². The molecule has 0 atom stereocenters. The van der Waals surface area contributed by atoms with Crippen molar-refractivity contribution in [2.75, 3.05) is 0 Å². The standard InChI is InChI=1S/C20H19N3OS2/c1-23-19(24)17-14-7-3-5-9-16(14)26-18(17)22-20(23)25-11-12-10-21-15-8-4-2-6-13(12)15/h2,4,6,8,10,21H,3,5,7,9,11H2,1H3. The molecule has 132 valence electrons. The monoisotopic (exact) mass is 381 g/mol. The summed E-state index contributed by atoms with van der Waals surface area (Å²) < 4.78 is 1.73. The molecule has 1 aromatic carbocycles. The molecule has 3 aromatic heterocycles. The van der Waals surface area contributed by atoms with E-state index >= 15 is 0 Å². The van der Waals surface area contributed by atoms with E-state index < -0.39 is 0 Å². The first-order valence-electron chi connectivity index (χ1n) is 8.91. The molecule has 0 unspecified atom stereocenters. The van der Waals surface area contributed by atoms with Crippen LogP contribution in [0.5, 0.6) is 0 Å². The van der Waals surface area contributed by atoms with E-state index in [1.54, 1.807) is 27.7 Å². The van der Waals surface area contributed by atoms with Gasteiger partial charge in [0, 0.05) is 34.8 Å². The molecule has 3 heterocycles. The van der Waals surface area contributed by atoms with E-state index in [1.807, 2.05) is 13.1 Å². The summed E-state index contributed by atoms with van der Waals surface area (Å²) in [5.41, 5.74) is 3.75. The fourth-order valence-corrected chi connectivity index (χ4v) is 6.06. The van der Waals surface area contributed by atoms with Gasteiger partial charge in [-0.05, 0) is 42.9 Å². The molecule has 0 saturated carbocycles. The van der Waals surface area contributed by atoms with Crippen LogP contribution in [0, 0.1) is 0 Å². The summed E-state index contributed by atoms with van der Waals surface area (Å²) >= 11 is 3.35. The number of aromatic amines is 1. The van der Waals surface area contributed by atoms with Crippen molar-refractivity contribution >= 4 is 44.2 Å². The van der Waals surface area contributed by atoms with Gasteiger partial charge in [-0.15, -0.1) is 11.3 Å². The van der Waals surface area contributed by atoms with Gasteiger partial charge in [0.1, 0.15) is 4.83 Å². The number of benzene rings is 1. The lowest BCUT2D eigenvalue weighted by Gasteiger charge is -2.10. The zero-order chi connectivity index (χ0) is 17.7. The van der Waals surface area contributed by atoms with Crippen LogP contribution in [0.3, 0.4) is 0 Å². The van der Waals surface area contributed by atoms with Gasteiger partial charge in [-0.2, -0.15) is 0 Å². The first kappa shape index (κ1) is 16.1. The molecule has 1 N–H and O–H groups in total. The van der Waals surface area contributed by atoms with Crippen molar-refractivity contribution in [1.82, 2.24) is 14.5 Å². The normalized spacial score (nSPS) is 14.2. The number of rotatable bonds is 3. The van der Waals surface area contributed by atoms with Crippen LogP contribution in [0.2, 0.25) is 0 Å². The summed E-state index contributed by atoms with van der Waals surface area (Å²) in [6.07, 6.45) is 6.57. The lowest BCUT2D eigenvalue weighted by Crippen LogP contribution is -2.20. The third-order valence-corrected chi connectivity index (χ3v) is 7.45. The Morgan fingerprint density at radius 2 is 2.12 bits per heavy atom. The number of nitrogens with zero attached hydrogens (tertiary/aromatic N) is 2. The Morgan fingerprint density at radius 3 is 3.04 bits per heavy atom. The lowest BCUT2D eigenvalue weighted by molar-refractivity contribution is 0.695. The third kappa shape index (κ3) is 2.51. The Kier molecular flexibility index (Phi) is 3.90. The van der Waals surface area contributed by atoms with Gasteiger partial charge in [-0.3, -0.25) is 9.36 Å². The van der Waals surface area contributed by atoms with E-state index in [1.165, 1.54) is 34.2 Å². The maximum Gasteiger partial charge on any atom is 0.262 e. The summed E-state index contributed by atoms with van der Waals surface area (Å²) in [5, 5.41) is 2.90. The quantitative estimate of drug-likeness (QED) is 0.415. The van der Waals surface area contributed by atoms with Crippen LogP contribution in [0.25, 0.3) is 21.1 Å². The second kappa shape index (κ2) is 6.28. The largest absolute Gasteiger partial charge is 0.361 e. The number of aryl methyl sites for hydroxylation is 2. The molecule has 0 aliphatic heterocycles. The van der Waals surface area contributed by atoms with Gasteiger partial charge in [0.25, 0.3) is 5.56 Å². The number of aromatic nitrogens is 3. The fraction of sp³-hybridized carbons (Fsp3) is 0.300. The summed E-state index contributed by atoms with van der Waals surface area (Å²) in [5.74, 6) is 0.793. The maximum atomic E-state index is 13.0. The Hall–Kier alpha value is -2.05. The molecule has 5 rings (SSSR count). The van der Waals surface area contributed by atoms with Crippen LogP contribution < -0.4 is 5.56 Å². The molecule has 4 nitrogen and oxygen atoms in total. The minimum Gasteiger partial charge on any atom is -0.361 e. The molecule has 6 heteroatoms. The molecule has 0 radical (unpaired) electrons. The van der Waals surface area contributed by atoms with Crippen molar-refractivity contribution in [2.45, 2.75) is 36.6 Å². The van der Waals surface area contributed by atoms with E-state index in [-0.39, 0.29) is 5.56 Å². The van der Waals surface area contributed by atoms with Crippen molar-refractivity contribution in [3.8, 4) is 0 Å². The van der Waals surface area contributed by atoms with Crippen LogP contribution in [0.4, 0.5) is 0 Å². The first-order valence-corrected chi connectivity index (χ1v) is 10.7. The van der Waals surface area contributed by atoms with Gasteiger partial charge in [0.15, 0.2) is 5.16 Å². The van der Waals surface area contributed by atoms with Crippen LogP contribution in [0.1, 0.15) is 28.8 Å². The molecule has 0 fully saturated rings. The van der Waals surface area contributed by atoms with E-state index in [9.17, 15) is 4.79 Å². The number of thioether (sulfide) groups is 1. The smallest absolute Gasteiger partial charge is 0.262 e. The molecule has 1 aliphatic carbocycles. The minimum atomic E-state index is 0.107. The zero-order valence-corrected chi connectivity index (χ0v) is 16.2. The second-order valence-corrected chi connectivity index (χ2v) is 8.82. The average Bonchev–Trinajstić information content (AvgIpc) is 3.24. The van der Waals surface area contributed by atoms with Crippen molar-refractivity contribution in [1.29, 1.82) is 0 Å². The first-order chi connectivity index (χ1) is 12.7. The summed E-state index contributed by atoms with van der Waals surface area (Å²) in [6, 6.07) is 8.30. The number of para-hydroxylation sites is 1. The molecular weight excluding hydrogens is 362 g/mol. The summed E-state index contributed by atoms with van der Waals surface area (Å²) in [4.78, 5) is 23.4. The SMILES string of the molecule is Cn1c(SCc2c[nH]c3ccccc23)nc2sc3c(c2c1=O)CCCC3. The van der Waals surface area contributed by atoms with E-state index in [2.05, 4.69) is 29.4 Å². The molecule has 0 amide bonds. The molecule has 0 saturated heterocycles. The Morgan fingerprint density at radius 1 is 1.27 bits per heavy atom. The molecule has 26 heavy (non-hydrogen) atoms. The van der Waals surface area contributed by atoms with Crippen molar-refractivity contribution in [3.63, 3.8) is 0 Å². The van der Waals surface area contributed by atoms with Crippen LogP contribution >= 0.6 is 23.1 Å². The van der Waals surface area contributed by atoms with E-state index in [0.29, 0.717) is 0 Å². The highest BCUT2D eigenvalue weighted by Gasteiger charge is 2.21. The zero-order valence-electron chi connectivity index (χ0n) is 14.5. The Balaban J connectivity index is 1.53. The fourth-order valence-electron chi connectivity index (χ4n) is 3.79. The van der Waals surface area contributed by atoms with Crippen LogP contribution in [-0.4, -0.2) is 14.5 Å². The van der Waals surface area contributed by atoms with Gasteiger partial charge >= 0.3 is 0 Å². The van der Waals surface area contributed by atoms with E-state index in [0.717, 1.165) is 39.5 Å². The topological polar surface area (TPSA) is 50.7 Å². The number of thiophene rings is 1. The number of nitrogens with one attached hydrogen (secondary N) is 1. The van der Waals surface area contributed by atoms with Crippen LogP contribution in [-0.2, 0) is 25.6 Å². The Labute approximate surface area is 159 Å². The van der Waals surface area contributed by atoms with Crippen molar-refractivity contribution < 1.29 is 0 Å². The molecule has 0 bridgehead atoms. The van der Waals surface area contributed by atoms with Gasteiger partial charge < -0.3 is 4.98 Å². The van der Waals surface area contributed by atoms with Gasteiger partial charge in [-0.25, -0.2) is 4.98 Å². The lowest BCUT2D eigenvalue weighted by atomic mass is 9.97. The average molecular weight is 382 g/mol. The van der Waals surface area contributed by atoms with Crippen molar-refractivity contribution in [3.05, 3.63) is 56.8 Å². The van der Waals surface area contributed by atoms with Gasteiger partial charge in [-0.1, -0.05) is 30.0 Å².